The fourth-order valence-corrected chi connectivity index (χ4v) is 4.70. The zero-order chi connectivity index (χ0) is 14.8. The summed E-state index contributed by atoms with van der Waals surface area (Å²) in [6.07, 6.45) is 0. The van der Waals surface area contributed by atoms with Crippen molar-refractivity contribution in [1.29, 1.82) is 0 Å². The molecule has 1 unspecified atom stereocenters. The molecule has 0 saturated carbocycles. The first-order chi connectivity index (χ1) is 9.40. The third-order valence-electron chi connectivity index (χ3n) is 3.09. The molecule has 1 heterocycles. The van der Waals surface area contributed by atoms with Crippen LogP contribution in [0.3, 0.4) is 0 Å². The maximum Gasteiger partial charge on any atom is 0.250 e. The zero-order valence-electron chi connectivity index (χ0n) is 11.8. The maximum absolute atomic E-state index is 12.4. The molecule has 0 aliphatic rings. The van der Waals surface area contributed by atoms with Crippen molar-refractivity contribution in [3.05, 3.63) is 52.9 Å². The molecule has 5 heteroatoms. The summed E-state index contributed by atoms with van der Waals surface area (Å²) in [7, 11) is -3.46. The van der Waals surface area contributed by atoms with Gasteiger partial charge in [-0.1, -0.05) is 44.2 Å². The average Bonchev–Trinajstić information content (AvgIpc) is 2.84. The summed E-state index contributed by atoms with van der Waals surface area (Å²) in [4.78, 5) is 0.992. The van der Waals surface area contributed by atoms with Gasteiger partial charge in [-0.2, -0.15) is 0 Å². The SMILES string of the molecule is Cc1ccc(S(=O)(=O)NC(c2ccccc2)C(C)C)s1. The summed E-state index contributed by atoms with van der Waals surface area (Å²) in [5.41, 5.74) is 0.986. The molecule has 2 aromatic rings. The molecular formula is C15H19NO2S2. The number of sulfonamides is 1. The van der Waals surface area contributed by atoms with E-state index in [-0.39, 0.29) is 12.0 Å². The van der Waals surface area contributed by atoms with Crippen LogP contribution in [0.25, 0.3) is 0 Å². The van der Waals surface area contributed by atoms with Gasteiger partial charge in [-0.15, -0.1) is 11.3 Å². The first-order valence-electron chi connectivity index (χ1n) is 6.54. The molecule has 3 nitrogen and oxygen atoms in total. The average molecular weight is 309 g/mol. The van der Waals surface area contributed by atoms with E-state index in [2.05, 4.69) is 4.72 Å². The van der Waals surface area contributed by atoms with E-state index >= 15 is 0 Å². The highest BCUT2D eigenvalue weighted by Gasteiger charge is 2.24. The van der Waals surface area contributed by atoms with Crippen molar-refractivity contribution in [2.24, 2.45) is 5.92 Å². The third kappa shape index (κ3) is 3.48. The summed E-state index contributed by atoms with van der Waals surface area (Å²) < 4.78 is 28.1. The Kier molecular flexibility index (Phi) is 4.62. The van der Waals surface area contributed by atoms with Crippen molar-refractivity contribution in [1.82, 2.24) is 4.72 Å². The topological polar surface area (TPSA) is 46.2 Å². The van der Waals surface area contributed by atoms with Crippen molar-refractivity contribution in [3.63, 3.8) is 0 Å². The highest BCUT2D eigenvalue weighted by atomic mass is 32.2. The molecular weight excluding hydrogens is 290 g/mol. The number of aryl methyl sites for hydroxylation is 1. The smallest absolute Gasteiger partial charge is 0.206 e. The van der Waals surface area contributed by atoms with E-state index in [4.69, 9.17) is 0 Å². The molecule has 108 valence electrons. The summed E-state index contributed by atoms with van der Waals surface area (Å²) in [6, 6.07) is 12.9. The van der Waals surface area contributed by atoms with Gasteiger partial charge in [-0.05, 0) is 30.5 Å². The summed E-state index contributed by atoms with van der Waals surface area (Å²) in [5, 5.41) is 0. The van der Waals surface area contributed by atoms with Gasteiger partial charge in [0, 0.05) is 10.9 Å². The van der Waals surface area contributed by atoms with Gasteiger partial charge < -0.3 is 0 Å². The van der Waals surface area contributed by atoms with E-state index in [9.17, 15) is 8.42 Å². The summed E-state index contributed by atoms with van der Waals surface area (Å²) >= 11 is 1.29. The molecule has 0 aliphatic carbocycles. The highest BCUT2D eigenvalue weighted by molar-refractivity contribution is 7.91. The molecule has 0 radical (unpaired) electrons. The van der Waals surface area contributed by atoms with E-state index in [1.165, 1.54) is 11.3 Å². The molecule has 1 N–H and O–H groups in total. The molecule has 0 saturated heterocycles. The molecule has 20 heavy (non-hydrogen) atoms. The third-order valence-corrected chi connectivity index (χ3v) is 6.02. The minimum absolute atomic E-state index is 0.174. The first-order valence-corrected chi connectivity index (χ1v) is 8.84. The molecule has 0 bridgehead atoms. The number of benzene rings is 1. The summed E-state index contributed by atoms with van der Waals surface area (Å²) in [6.45, 7) is 5.93. The van der Waals surface area contributed by atoms with Crippen LogP contribution in [-0.2, 0) is 10.0 Å². The molecule has 0 aliphatic heterocycles. The van der Waals surface area contributed by atoms with Crippen molar-refractivity contribution < 1.29 is 8.42 Å². The van der Waals surface area contributed by atoms with E-state index in [1.807, 2.05) is 57.2 Å². The monoisotopic (exact) mass is 309 g/mol. The lowest BCUT2D eigenvalue weighted by molar-refractivity contribution is 0.463. The predicted molar refractivity (Wildman–Crippen MR) is 83.4 cm³/mol. The maximum atomic E-state index is 12.4. The zero-order valence-corrected chi connectivity index (χ0v) is 13.5. The predicted octanol–water partition coefficient (Wildman–Crippen LogP) is 3.73. The van der Waals surface area contributed by atoms with Crippen molar-refractivity contribution in [2.75, 3.05) is 0 Å². The summed E-state index contributed by atoms with van der Waals surface area (Å²) in [5.74, 6) is 0.174. The Morgan fingerprint density at radius 3 is 2.20 bits per heavy atom. The second kappa shape index (κ2) is 6.08. The van der Waals surface area contributed by atoms with Gasteiger partial charge in [0.05, 0.1) is 0 Å². The van der Waals surface area contributed by atoms with Gasteiger partial charge >= 0.3 is 0 Å². The molecule has 1 aromatic heterocycles. The minimum atomic E-state index is -3.46. The Morgan fingerprint density at radius 1 is 1.05 bits per heavy atom. The van der Waals surface area contributed by atoms with Gasteiger partial charge in [0.1, 0.15) is 4.21 Å². The van der Waals surface area contributed by atoms with Gasteiger partial charge in [-0.3, -0.25) is 0 Å². The number of hydrogen-bond donors (Lipinski definition) is 1. The van der Waals surface area contributed by atoms with Crippen LogP contribution in [0.15, 0.2) is 46.7 Å². The van der Waals surface area contributed by atoms with Crippen LogP contribution in [0.2, 0.25) is 0 Å². The Morgan fingerprint density at radius 2 is 1.70 bits per heavy atom. The number of nitrogens with one attached hydrogen (secondary N) is 1. The Labute approximate surface area is 124 Å². The van der Waals surface area contributed by atoms with Crippen molar-refractivity contribution >= 4 is 21.4 Å². The lowest BCUT2D eigenvalue weighted by atomic mass is 9.97. The van der Waals surface area contributed by atoms with E-state index in [1.54, 1.807) is 6.07 Å². The number of rotatable bonds is 5. The molecule has 2 rings (SSSR count). The van der Waals surface area contributed by atoms with Gasteiger partial charge in [0.25, 0.3) is 10.0 Å². The fraction of sp³-hybridized carbons (Fsp3) is 0.333. The van der Waals surface area contributed by atoms with Crippen molar-refractivity contribution in [2.45, 2.75) is 31.0 Å². The van der Waals surface area contributed by atoms with Crippen molar-refractivity contribution in [3.8, 4) is 0 Å². The fourth-order valence-electron chi connectivity index (χ4n) is 2.03. The highest BCUT2D eigenvalue weighted by Crippen LogP contribution is 2.26. The van der Waals surface area contributed by atoms with Crippen LogP contribution in [0.1, 0.15) is 30.3 Å². The van der Waals surface area contributed by atoms with E-state index < -0.39 is 10.0 Å². The lowest BCUT2D eigenvalue weighted by Crippen LogP contribution is -2.31. The van der Waals surface area contributed by atoms with Crippen LogP contribution in [0, 0.1) is 12.8 Å². The normalized spacial score (nSPS) is 13.6. The molecule has 1 atom stereocenters. The molecule has 0 fully saturated rings. The Balaban J connectivity index is 2.29. The molecule has 1 aromatic carbocycles. The number of thiophene rings is 1. The van der Waals surface area contributed by atoms with Crippen LogP contribution in [0.5, 0.6) is 0 Å². The standard InChI is InChI=1S/C15H19NO2S2/c1-11(2)15(13-7-5-4-6-8-13)16-20(17,18)14-10-9-12(3)19-14/h4-11,15-16H,1-3H3. The van der Waals surface area contributed by atoms with Crippen LogP contribution < -0.4 is 4.72 Å². The van der Waals surface area contributed by atoms with Gasteiger partial charge in [-0.25, -0.2) is 13.1 Å². The van der Waals surface area contributed by atoms with Gasteiger partial charge in [0.2, 0.25) is 0 Å². The largest absolute Gasteiger partial charge is 0.250 e. The van der Waals surface area contributed by atoms with Gasteiger partial charge in [0.15, 0.2) is 0 Å². The van der Waals surface area contributed by atoms with Crippen LogP contribution >= 0.6 is 11.3 Å². The first kappa shape index (κ1) is 15.2. The second-order valence-corrected chi connectivity index (χ2v) is 8.35. The van der Waals surface area contributed by atoms with Crippen LogP contribution in [-0.4, -0.2) is 8.42 Å². The van der Waals surface area contributed by atoms with E-state index in [0.29, 0.717) is 4.21 Å². The quantitative estimate of drug-likeness (QED) is 0.914. The molecule has 0 spiro atoms. The number of hydrogen-bond acceptors (Lipinski definition) is 3. The van der Waals surface area contributed by atoms with Crippen LogP contribution in [0.4, 0.5) is 0 Å². The van der Waals surface area contributed by atoms with E-state index in [0.717, 1.165) is 10.4 Å². The Bertz CT molecular complexity index is 660. The lowest BCUT2D eigenvalue weighted by Gasteiger charge is -2.22. The minimum Gasteiger partial charge on any atom is -0.206 e. The Hall–Kier alpha value is -1.17. The molecule has 0 amide bonds. The second-order valence-electron chi connectivity index (χ2n) is 5.12.